The Bertz CT molecular complexity index is 520. The van der Waals surface area contributed by atoms with E-state index in [1.165, 1.54) is 0 Å². The van der Waals surface area contributed by atoms with Gasteiger partial charge in [-0.05, 0) is 26.3 Å². The van der Waals surface area contributed by atoms with Gasteiger partial charge in [0.15, 0.2) is 0 Å². The SMILES string of the molecule is Cc1cnc(C(C)NCC(C)(O)c2ccccc2)o1. The van der Waals surface area contributed by atoms with Crippen molar-refractivity contribution in [1.29, 1.82) is 0 Å². The maximum atomic E-state index is 10.5. The van der Waals surface area contributed by atoms with Gasteiger partial charge in [0.1, 0.15) is 5.76 Å². The van der Waals surface area contributed by atoms with Crippen LogP contribution in [0.4, 0.5) is 0 Å². The second-order valence-corrected chi connectivity index (χ2v) is 5.05. The summed E-state index contributed by atoms with van der Waals surface area (Å²) in [6.07, 6.45) is 1.70. The highest BCUT2D eigenvalue weighted by atomic mass is 16.4. The molecule has 19 heavy (non-hydrogen) atoms. The van der Waals surface area contributed by atoms with E-state index >= 15 is 0 Å². The number of hydrogen-bond donors (Lipinski definition) is 2. The Morgan fingerprint density at radius 2 is 2.05 bits per heavy atom. The molecule has 1 aromatic heterocycles. The van der Waals surface area contributed by atoms with Crippen LogP contribution in [0.25, 0.3) is 0 Å². The van der Waals surface area contributed by atoms with E-state index in [4.69, 9.17) is 4.42 Å². The Hall–Kier alpha value is -1.65. The normalized spacial score (nSPS) is 16.0. The Balaban J connectivity index is 1.98. The van der Waals surface area contributed by atoms with Crippen molar-refractivity contribution in [1.82, 2.24) is 10.3 Å². The first-order valence-electron chi connectivity index (χ1n) is 6.42. The fraction of sp³-hybridized carbons (Fsp3) is 0.400. The molecule has 2 unspecified atom stereocenters. The van der Waals surface area contributed by atoms with Crippen molar-refractivity contribution >= 4 is 0 Å². The Kier molecular flexibility index (Phi) is 4.02. The first-order chi connectivity index (χ1) is 8.99. The molecule has 2 N–H and O–H groups in total. The van der Waals surface area contributed by atoms with Gasteiger partial charge in [-0.3, -0.25) is 0 Å². The van der Waals surface area contributed by atoms with Crippen molar-refractivity contribution in [3.63, 3.8) is 0 Å². The van der Waals surface area contributed by atoms with E-state index in [9.17, 15) is 5.11 Å². The molecule has 0 saturated carbocycles. The fourth-order valence-corrected chi connectivity index (χ4v) is 1.91. The zero-order valence-corrected chi connectivity index (χ0v) is 11.6. The van der Waals surface area contributed by atoms with Crippen LogP contribution < -0.4 is 5.32 Å². The Morgan fingerprint density at radius 1 is 1.37 bits per heavy atom. The van der Waals surface area contributed by atoms with Crippen molar-refractivity contribution in [2.24, 2.45) is 0 Å². The quantitative estimate of drug-likeness (QED) is 0.867. The van der Waals surface area contributed by atoms with Gasteiger partial charge in [-0.15, -0.1) is 0 Å². The molecule has 1 heterocycles. The predicted molar refractivity (Wildman–Crippen MR) is 73.7 cm³/mol. The molecule has 4 nitrogen and oxygen atoms in total. The minimum Gasteiger partial charge on any atom is -0.444 e. The third kappa shape index (κ3) is 3.43. The van der Waals surface area contributed by atoms with Gasteiger partial charge in [0.25, 0.3) is 0 Å². The minimum atomic E-state index is -0.919. The number of aromatic nitrogens is 1. The van der Waals surface area contributed by atoms with Crippen LogP contribution in [0, 0.1) is 6.92 Å². The van der Waals surface area contributed by atoms with Crippen molar-refractivity contribution < 1.29 is 9.52 Å². The number of aryl methyl sites for hydroxylation is 1. The molecule has 0 aliphatic rings. The summed E-state index contributed by atoms with van der Waals surface area (Å²) in [4.78, 5) is 4.18. The number of rotatable bonds is 5. The monoisotopic (exact) mass is 260 g/mol. The molecule has 2 aromatic rings. The largest absolute Gasteiger partial charge is 0.444 e. The highest BCUT2D eigenvalue weighted by molar-refractivity contribution is 5.21. The standard InChI is InChI=1S/C15H20N2O2/c1-11-9-16-14(19-11)12(2)17-10-15(3,18)13-7-5-4-6-8-13/h4-9,12,17-18H,10H2,1-3H3. The van der Waals surface area contributed by atoms with Gasteiger partial charge in [0, 0.05) is 6.54 Å². The first-order valence-corrected chi connectivity index (χ1v) is 6.42. The maximum absolute atomic E-state index is 10.5. The molecule has 0 radical (unpaired) electrons. The number of nitrogens with one attached hydrogen (secondary N) is 1. The van der Waals surface area contributed by atoms with E-state index in [0.29, 0.717) is 12.4 Å². The summed E-state index contributed by atoms with van der Waals surface area (Å²) < 4.78 is 5.46. The topological polar surface area (TPSA) is 58.3 Å². The molecule has 0 fully saturated rings. The van der Waals surface area contributed by atoms with Gasteiger partial charge in [-0.25, -0.2) is 4.98 Å². The lowest BCUT2D eigenvalue weighted by Crippen LogP contribution is -2.36. The van der Waals surface area contributed by atoms with Crippen molar-refractivity contribution in [3.8, 4) is 0 Å². The van der Waals surface area contributed by atoms with Crippen LogP contribution in [0.15, 0.2) is 40.9 Å². The van der Waals surface area contributed by atoms with Crippen molar-refractivity contribution in [2.45, 2.75) is 32.4 Å². The van der Waals surface area contributed by atoms with Gasteiger partial charge in [-0.2, -0.15) is 0 Å². The molecular weight excluding hydrogens is 240 g/mol. The van der Waals surface area contributed by atoms with Crippen LogP contribution >= 0.6 is 0 Å². The molecule has 0 aliphatic heterocycles. The second-order valence-electron chi connectivity index (χ2n) is 5.05. The van der Waals surface area contributed by atoms with E-state index in [-0.39, 0.29) is 6.04 Å². The van der Waals surface area contributed by atoms with Crippen LogP contribution in [-0.4, -0.2) is 16.6 Å². The molecule has 0 spiro atoms. The first kappa shape index (κ1) is 13.8. The summed E-state index contributed by atoms with van der Waals surface area (Å²) in [6, 6.07) is 9.58. The molecule has 0 amide bonds. The smallest absolute Gasteiger partial charge is 0.211 e. The summed E-state index contributed by atoms with van der Waals surface area (Å²) in [7, 11) is 0. The number of aliphatic hydroxyl groups is 1. The molecule has 2 rings (SSSR count). The number of oxazole rings is 1. The van der Waals surface area contributed by atoms with Crippen LogP contribution in [0.2, 0.25) is 0 Å². The van der Waals surface area contributed by atoms with E-state index in [2.05, 4.69) is 10.3 Å². The lowest BCUT2D eigenvalue weighted by atomic mass is 9.96. The molecule has 2 atom stereocenters. The molecule has 4 heteroatoms. The Labute approximate surface area is 113 Å². The maximum Gasteiger partial charge on any atom is 0.211 e. The average Bonchev–Trinajstić information content (AvgIpc) is 2.84. The van der Waals surface area contributed by atoms with Crippen LogP contribution in [0.3, 0.4) is 0 Å². The van der Waals surface area contributed by atoms with Gasteiger partial charge in [0.05, 0.1) is 17.8 Å². The van der Waals surface area contributed by atoms with E-state index in [0.717, 1.165) is 11.3 Å². The third-order valence-electron chi connectivity index (χ3n) is 3.16. The minimum absolute atomic E-state index is 0.0381. The van der Waals surface area contributed by atoms with Gasteiger partial charge >= 0.3 is 0 Å². The molecular formula is C15H20N2O2. The van der Waals surface area contributed by atoms with E-state index < -0.39 is 5.60 Å². The molecule has 1 aromatic carbocycles. The zero-order chi connectivity index (χ0) is 13.9. The molecule has 102 valence electrons. The summed E-state index contributed by atoms with van der Waals surface area (Å²) in [5, 5.41) is 13.7. The van der Waals surface area contributed by atoms with Crippen LogP contribution in [0.1, 0.15) is 37.1 Å². The molecule has 0 aliphatic carbocycles. The summed E-state index contributed by atoms with van der Waals surface area (Å²) in [5.41, 5.74) is -0.0322. The molecule has 0 saturated heterocycles. The predicted octanol–water partition coefficient (Wildman–Crippen LogP) is 2.54. The number of benzene rings is 1. The van der Waals surface area contributed by atoms with Gasteiger partial charge in [0.2, 0.25) is 5.89 Å². The number of hydrogen-bond acceptors (Lipinski definition) is 4. The Morgan fingerprint density at radius 3 is 2.63 bits per heavy atom. The number of nitrogens with zero attached hydrogens (tertiary/aromatic N) is 1. The lowest BCUT2D eigenvalue weighted by Gasteiger charge is -2.25. The van der Waals surface area contributed by atoms with Crippen LogP contribution in [-0.2, 0) is 5.60 Å². The van der Waals surface area contributed by atoms with E-state index in [1.54, 1.807) is 13.1 Å². The van der Waals surface area contributed by atoms with Crippen molar-refractivity contribution in [2.75, 3.05) is 6.54 Å². The molecule has 0 bridgehead atoms. The average molecular weight is 260 g/mol. The van der Waals surface area contributed by atoms with Gasteiger partial charge in [-0.1, -0.05) is 30.3 Å². The lowest BCUT2D eigenvalue weighted by molar-refractivity contribution is 0.0534. The van der Waals surface area contributed by atoms with E-state index in [1.807, 2.05) is 44.2 Å². The highest BCUT2D eigenvalue weighted by Crippen LogP contribution is 2.21. The third-order valence-corrected chi connectivity index (χ3v) is 3.16. The summed E-state index contributed by atoms with van der Waals surface area (Å²) >= 11 is 0. The zero-order valence-electron chi connectivity index (χ0n) is 11.6. The second kappa shape index (κ2) is 5.55. The summed E-state index contributed by atoms with van der Waals surface area (Å²) in [5.74, 6) is 1.43. The van der Waals surface area contributed by atoms with Crippen LogP contribution in [0.5, 0.6) is 0 Å². The van der Waals surface area contributed by atoms with Gasteiger partial charge < -0.3 is 14.8 Å². The fourth-order valence-electron chi connectivity index (χ4n) is 1.91. The highest BCUT2D eigenvalue weighted by Gasteiger charge is 2.24. The van der Waals surface area contributed by atoms with Crippen molar-refractivity contribution in [3.05, 3.63) is 53.7 Å². The summed E-state index contributed by atoms with van der Waals surface area (Å²) in [6.45, 7) is 6.05.